The van der Waals surface area contributed by atoms with Crippen LogP contribution >= 0.6 is 11.6 Å². The second-order valence-corrected chi connectivity index (χ2v) is 7.09. The van der Waals surface area contributed by atoms with E-state index in [0.29, 0.717) is 10.7 Å². The molecule has 6 nitrogen and oxygen atoms in total. The first-order valence-electron chi connectivity index (χ1n) is 6.86. The number of benzene rings is 2. The van der Waals surface area contributed by atoms with Crippen molar-refractivity contribution in [2.45, 2.75) is 17.6 Å². The predicted octanol–water partition coefficient (Wildman–Crippen LogP) is 1.69. The third-order valence-electron chi connectivity index (χ3n) is 3.42. The number of hydrogen-bond donors (Lipinski definition) is 3. The number of rotatable bonds is 3. The molecule has 120 valence electrons. The van der Waals surface area contributed by atoms with Crippen molar-refractivity contribution in [1.82, 2.24) is 10.0 Å². The average molecular weight is 352 g/mol. The Kier molecular flexibility index (Phi) is 4.25. The Labute approximate surface area is 138 Å². The molecule has 1 heterocycles. The summed E-state index contributed by atoms with van der Waals surface area (Å²) >= 11 is 6.03. The van der Waals surface area contributed by atoms with Crippen molar-refractivity contribution >= 4 is 33.2 Å². The first-order chi connectivity index (χ1) is 11.0. The van der Waals surface area contributed by atoms with E-state index >= 15 is 0 Å². The molecule has 3 N–H and O–H groups in total. The molecule has 0 aliphatic carbocycles. The fourth-order valence-corrected chi connectivity index (χ4v) is 3.75. The number of amides is 1. The summed E-state index contributed by atoms with van der Waals surface area (Å²) in [6.45, 7) is 0.208. The zero-order valence-electron chi connectivity index (χ0n) is 11.9. The number of hydrogen-bond acceptors (Lipinski definition) is 4. The molecule has 2 aromatic carbocycles. The molecule has 0 unspecified atom stereocenters. The molecule has 23 heavy (non-hydrogen) atoms. The van der Waals surface area contributed by atoms with E-state index in [0.717, 1.165) is 5.56 Å². The Morgan fingerprint density at radius 2 is 1.83 bits per heavy atom. The van der Waals surface area contributed by atoms with Crippen LogP contribution in [0.5, 0.6) is 0 Å². The van der Waals surface area contributed by atoms with E-state index in [1.807, 2.05) is 6.07 Å². The Morgan fingerprint density at radius 1 is 1.13 bits per heavy atom. The summed E-state index contributed by atoms with van der Waals surface area (Å²) in [6, 6.07) is 13.5. The predicted molar refractivity (Wildman–Crippen MR) is 87.5 cm³/mol. The fourth-order valence-electron chi connectivity index (χ4n) is 2.27. The first-order valence-corrected chi connectivity index (χ1v) is 8.72. The zero-order valence-corrected chi connectivity index (χ0v) is 13.5. The van der Waals surface area contributed by atoms with E-state index in [1.54, 1.807) is 36.4 Å². The van der Waals surface area contributed by atoms with Crippen molar-refractivity contribution in [2.24, 2.45) is 0 Å². The monoisotopic (exact) mass is 351 g/mol. The van der Waals surface area contributed by atoms with Gasteiger partial charge in [-0.1, -0.05) is 41.9 Å². The summed E-state index contributed by atoms with van der Waals surface area (Å²) in [7, 11) is -3.73. The number of para-hydroxylation sites is 1. The van der Waals surface area contributed by atoms with Gasteiger partial charge in [0, 0.05) is 11.6 Å². The Hall–Kier alpha value is -2.09. The highest BCUT2D eigenvalue weighted by Crippen LogP contribution is 2.25. The largest absolute Gasteiger partial charge is 0.360 e. The summed E-state index contributed by atoms with van der Waals surface area (Å²) in [5.41, 5.74) is 1.14. The molecular formula is C15H14ClN3O3S. The van der Waals surface area contributed by atoms with Gasteiger partial charge in [0.25, 0.3) is 5.91 Å². The van der Waals surface area contributed by atoms with Crippen LogP contribution in [0, 0.1) is 0 Å². The normalized spacial score (nSPS) is 18.6. The van der Waals surface area contributed by atoms with Crippen molar-refractivity contribution in [1.29, 1.82) is 0 Å². The lowest BCUT2D eigenvalue weighted by Gasteiger charge is -2.27. The molecular weight excluding hydrogens is 338 g/mol. The molecule has 0 saturated heterocycles. The minimum Gasteiger partial charge on any atom is -0.360 e. The van der Waals surface area contributed by atoms with Gasteiger partial charge in [-0.05, 0) is 23.8 Å². The third kappa shape index (κ3) is 3.31. The van der Waals surface area contributed by atoms with Crippen LogP contribution in [0.25, 0.3) is 0 Å². The molecule has 0 aromatic heterocycles. The minimum atomic E-state index is -3.73. The van der Waals surface area contributed by atoms with Crippen molar-refractivity contribution in [3.05, 3.63) is 59.1 Å². The highest BCUT2D eigenvalue weighted by atomic mass is 35.5. The standard InChI is InChI=1S/C15H14ClN3O3S/c16-11-6-2-1-5-10(11)9-17-15(20)14-18-12-7-3-4-8-13(12)23(21,22)19-14/h1-8,14,18-19H,9H2,(H,17,20)/t14-/m1/s1. The van der Waals surface area contributed by atoms with Crippen molar-refractivity contribution in [3.63, 3.8) is 0 Å². The number of nitrogens with one attached hydrogen (secondary N) is 3. The highest BCUT2D eigenvalue weighted by Gasteiger charge is 2.32. The lowest BCUT2D eigenvalue weighted by atomic mass is 10.2. The molecule has 0 saturated carbocycles. The van der Waals surface area contributed by atoms with Crippen LogP contribution in [0.2, 0.25) is 5.02 Å². The maximum atomic E-state index is 12.2. The molecule has 1 aliphatic heterocycles. The van der Waals surface area contributed by atoms with Gasteiger partial charge in [-0.25, -0.2) is 8.42 Å². The summed E-state index contributed by atoms with van der Waals surface area (Å²) < 4.78 is 26.6. The number of fused-ring (bicyclic) bond motifs is 1. The third-order valence-corrected chi connectivity index (χ3v) is 5.27. The smallest absolute Gasteiger partial charge is 0.258 e. The summed E-state index contributed by atoms with van der Waals surface area (Å²) in [4.78, 5) is 12.4. The molecule has 8 heteroatoms. The van der Waals surface area contributed by atoms with Crippen LogP contribution in [0.3, 0.4) is 0 Å². The van der Waals surface area contributed by atoms with Crippen LogP contribution in [0.1, 0.15) is 5.56 Å². The quantitative estimate of drug-likeness (QED) is 0.785. The van der Waals surface area contributed by atoms with E-state index in [-0.39, 0.29) is 11.4 Å². The summed E-state index contributed by atoms with van der Waals surface area (Å²) in [5.74, 6) is -0.483. The van der Waals surface area contributed by atoms with Crippen molar-refractivity contribution in [2.75, 3.05) is 5.32 Å². The summed E-state index contributed by atoms with van der Waals surface area (Å²) in [5, 5.41) is 6.07. The molecule has 1 amide bonds. The van der Waals surface area contributed by atoms with Gasteiger partial charge < -0.3 is 10.6 Å². The van der Waals surface area contributed by atoms with E-state index in [1.165, 1.54) is 6.07 Å². The molecule has 0 spiro atoms. The number of anilines is 1. The van der Waals surface area contributed by atoms with Crippen LogP contribution < -0.4 is 15.4 Å². The Bertz CT molecular complexity index is 855. The van der Waals surface area contributed by atoms with Gasteiger partial charge in [0.05, 0.1) is 5.69 Å². The van der Waals surface area contributed by atoms with Gasteiger partial charge >= 0.3 is 0 Å². The summed E-state index contributed by atoms with van der Waals surface area (Å²) in [6.07, 6.45) is -1.07. The average Bonchev–Trinajstić information content (AvgIpc) is 2.53. The van der Waals surface area contributed by atoms with Crippen LogP contribution in [-0.2, 0) is 21.4 Å². The maximum Gasteiger partial charge on any atom is 0.258 e. The molecule has 1 atom stereocenters. The molecule has 0 fully saturated rings. The van der Waals surface area contributed by atoms with Crippen molar-refractivity contribution < 1.29 is 13.2 Å². The SMILES string of the molecule is O=C(NCc1ccccc1Cl)[C@@H]1Nc2ccccc2S(=O)(=O)N1. The van der Waals surface area contributed by atoms with Gasteiger partial charge in [0.2, 0.25) is 10.0 Å². The number of carbonyl (C=O) groups excluding carboxylic acids is 1. The van der Waals surface area contributed by atoms with Crippen LogP contribution in [0.4, 0.5) is 5.69 Å². The van der Waals surface area contributed by atoms with Crippen LogP contribution in [-0.4, -0.2) is 20.5 Å². The molecule has 0 bridgehead atoms. The topological polar surface area (TPSA) is 87.3 Å². The van der Waals surface area contributed by atoms with E-state index in [2.05, 4.69) is 15.4 Å². The first kappa shape index (κ1) is 15.8. The number of sulfonamides is 1. The van der Waals surface area contributed by atoms with Gasteiger partial charge in [-0.2, -0.15) is 4.72 Å². The number of halogens is 1. The fraction of sp³-hybridized carbons (Fsp3) is 0.133. The zero-order chi connectivity index (χ0) is 16.4. The van der Waals surface area contributed by atoms with E-state index in [4.69, 9.17) is 11.6 Å². The Balaban J connectivity index is 1.73. The minimum absolute atomic E-state index is 0.121. The molecule has 1 aliphatic rings. The van der Waals surface area contributed by atoms with Gasteiger partial charge in [0.15, 0.2) is 6.17 Å². The van der Waals surface area contributed by atoms with Gasteiger partial charge in [-0.15, -0.1) is 0 Å². The maximum absolute atomic E-state index is 12.2. The molecule has 2 aromatic rings. The van der Waals surface area contributed by atoms with E-state index in [9.17, 15) is 13.2 Å². The lowest BCUT2D eigenvalue weighted by Crippen LogP contribution is -2.53. The van der Waals surface area contributed by atoms with Crippen molar-refractivity contribution in [3.8, 4) is 0 Å². The number of carbonyl (C=O) groups is 1. The highest BCUT2D eigenvalue weighted by molar-refractivity contribution is 7.89. The van der Waals surface area contributed by atoms with Gasteiger partial charge in [0.1, 0.15) is 4.90 Å². The van der Waals surface area contributed by atoms with Gasteiger partial charge in [-0.3, -0.25) is 4.79 Å². The molecule has 0 radical (unpaired) electrons. The second kappa shape index (κ2) is 6.19. The van der Waals surface area contributed by atoms with Crippen LogP contribution in [0.15, 0.2) is 53.4 Å². The lowest BCUT2D eigenvalue weighted by molar-refractivity contribution is -0.122. The Morgan fingerprint density at radius 3 is 2.61 bits per heavy atom. The molecule has 3 rings (SSSR count). The van der Waals surface area contributed by atoms with E-state index < -0.39 is 22.1 Å². The second-order valence-electron chi connectivity index (χ2n) is 5.00.